The molecule has 1 aliphatic rings. The molecule has 1 saturated heterocycles. The molecule has 2 aromatic carbocycles. The highest BCUT2D eigenvalue weighted by Crippen LogP contribution is 2.31. The molecule has 1 heterocycles. The van der Waals surface area contributed by atoms with Gasteiger partial charge in [-0.15, -0.1) is 0 Å². The number of phenols is 1. The first kappa shape index (κ1) is 19.0. The lowest BCUT2D eigenvalue weighted by Gasteiger charge is -2.13. The van der Waals surface area contributed by atoms with Gasteiger partial charge < -0.3 is 10.4 Å². The number of hydrogen-bond donors (Lipinski definition) is 2. The lowest BCUT2D eigenvalue weighted by molar-refractivity contribution is -0.122. The van der Waals surface area contributed by atoms with Gasteiger partial charge in [-0.3, -0.25) is 19.3 Å². The van der Waals surface area contributed by atoms with E-state index in [1.165, 1.54) is 18.2 Å². The zero-order valence-corrected chi connectivity index (χ0v) is 15.6. The maximum Gasteiger partial charge on any atom is 0.293 e. The average Bonchev–Trinajstić information content (AvgIpc) is 2.92. The second kappa shape index (κ2) is 8.28. The summed E-state index contributed by atoms with van der Waals surface area (Å²) < 4.78 is 0. The first-order chi connectivity index (χ1) is 13.0. The Balaban J connectivity index is 1.58. The van der Waals surface area contributed by atoms with Crippen LogP contribution in [0.25, 0.3) is 6.08 Å². The summed E-state index contributed by atoms with van der Waals surface area (Å²) in [5.74, 6) is -0.907. The summed E-state index contributed by atoms with van der Waals surface area (Å²) in [7, 11) is 0. The molecular formula is C19H15ClN2O4S. The van der Waals surface area contributed by atoms with Crippen LogP contribution in [0.2, 0.25) is 5.02 Å². The van der Waals surface area contributed by atoms with E-state index in [-0.39, 0.29) is 40.6 Å². The van der Waals surface area contributed by atoms with Gasteiger partial charge in [0.2, 0.25) is 0 Å². The second-order valence-corrected chi connectivity index (χ2v) is 7.07. The van der Waals surface area contributed by atoms with E-state index >= 15 is 0 Å². The highest BCUT2D eigenvalue weighted by molar-refractivity contribution is 8.18. The van der Waals surface area contributed by atoms with E-state index in [2.05, 4.69) is 5.32 Å². The Hall–Kier alpha value is -2.77. The zero-order valence-electron chi connectivity index (χ0n) is 14.0. The van der Waals surface area contributed by atoms with Gasteiger partial charge >= 0.3 is 0 Å². The van der Waals surface area contributed by atoms with Gasteiger partial charge in [-0.25, -0.2) is 0 Å². The largest absolute Gasteiger partial charge is 0.506 e. The predicted molar refractivity (Wildman–Crippen MR) is 105 cm³/mol. The fraction of sp³-hybridized carbons (Fsp3) is 0.105. The van der Waals surface area contributed by atoms with Crippen molar-refractivity contribution in [3.8, 4) is 5.75 Å². The molecule has 0 aromatic heterocycles. The third-order valence-corrected chi connectivity index (χ3v) is 5.01. The quantitative estimate of drug-likeness (QED) is 0.747. The Bertz CT molecular complexity index is 931. The van der Waals surface area contributed by atoms with Crippen molar-refractivity contribution in [3.63, 3.8) is 0 Å². The first-order valence-corrected chi connectivity index (χ1v) is 9.22. The number of rotatable bonds is 5. The molecule has 138 valence electrons. The van der Waals surface area contributed by atoms with Crippen molar-refractivity contribution in [2.75, 3.05) is 13.1 Å². The zero-order chi connectivity index (χ0) is 19.4. The maximum atomic E-state index is 12.4. The molecule has 0 atom stereocenters. The van der Waals surface area contributed by atoms with Crippen LogP contribution >= 0.6 is 23.4 Å². The van der Waals surface area contributed by atoms with Crippen LogP contribution in [0, 0.1) is 0 Å². The molecule has 1 aliphatic heterocycles. The van der Waals surface area contributed by atoms with E-state index in [0.29, 0.717) is 4.91 Å². The molecule has 0 saturated carbocycles. The Morgan fingerprint density at radius 1 is 1.19 bits per heavy atom. The number of halogens is 1. The highest BCUT2D eigenvalue weighted by Gasteiger charge is 2.34. The number of aromatic hydroxyl groups is 1. The molecule has 0 aliphatic carbocycles. The van der Waals surface area contributed by atoms with Gasteiger partial charge in [0.15, 0.2) is 0 Å². The highest BCUT2D eigenvalue weighted by atomic mass is 35.5. The minimum absolute atomic E-state index is 0.0638. The van der Waals surface area contributed by atoms with Gasteiger partial charge in [-0.2, -0.15) is 0 Å². The summed E-state index contributed by atoms with van der Waals surface area (Å²) >= 11 is 6.66. The third-order valence-electron chi connectivity index (χ3n) is 3.80. The van der Waals surface area contributed by atoms with E-state index in [4.69, 9.17) is 11.6 Å². The molecule has 0 unspecified atom stereocenters. The number of nitrogens with zero attached hydrogens (tertiary/aromatic N) is 1. The SMILES string of the molecule is O=C(NCCN1C(=O)S/C(=C/c2ccccc2)C1=O)c1ccc(O)c(Cl)c1. The number of carbonyl (C=O) groups excluding carboxylic acids is 3. The van der Waals surface area contributed by atoms with E-state index in [1.54, 1.807) is 6.08 Å². The maximum absolute atomic E-state index is 12.4. The van der Waals surface area contributed by atoms with Crippen LogP contribution in [0.15, 0.2) is 53.4 Å². The van der Waals surface area contributed by atoms with Crippen molar-refractivity contribution in [1.29, 1.82) is 0 Å². The van der Waals surface area contributed by atoms with Crippen LogP contribution in [0.1, 0.15) is 15.9 Å². The molecule has 0 spiro atoms. The van der Waals surface area contributed by atoms with Gasteiger partial charge in [-0.05, 0) is 41.6 Å². The van der Waals surface area contributed by atoms with Crippen LogP contribution in [0.5, 0.6) is 5.75 Å². The Kier molecular flexibility index (Phi) is 5.83. The Labute approximate surface area is 164 Å². The van der Waals surface area contributed by atoms with Gasteiger partial charge in [0.1, 0.15) is 5.75 Å². The molecule has 2 aromatic rings. The normalized spacial score (nSPS) is 15.4. The molecular weight excluding hydrogens is 388 g/mol. The monoisotopic (exact) mass is 402 g/mol. The van der Waals surface area contributed by atoms with Crippen molar-refractivity contribution < 1.29 is 19.5 Å². The molecule has 8 heteroatoms. The number of phenolic OH excluding ortho intramolecular Hbond substituents is 1. The summed E-state index contributed by atoms with van der Waals surface area (Å²) in [6, 6.07) is 13.3. The van der Waals surface area contributed by atoms with Gasteiger partial charge in [0, 0.05) is 18.7 Å². The fourth-order valence-electron chi connectivity index (χ4n) is 2.42. The lowest BCUT2D eigenvalue weighted by Crippen LogP contribution is -2.37. The number of nitrogens with one attached hydrogen (secondary N) is 1. The molecule has 0 bridgehead atoms. The predicted octanol–water partition coefficient (Wildman–Crippen LogP) is 3.51. The van der Waals surface area contributed by atoms with E-state index in [0.717, 1.165) is 22.2 Å². The Morgan fingerprint density at radius 3 is 2.63 bits per heavy atom. The molecule has 0 radical (unpaired) electrons. The van der Waals surface area contributed by atoms with Crippen molar-refractivity contribution in [2.45, 2.75) is 0 Å². The van der Waals surface area contributed by atoms with E-state index in [9.17, 15) is 19.5 Å². The summed E-state index contributed by atoms with van der Waals surface area (Å²) in [6.45, 7) is 0.169. The minimum atomic E-state index is -0.413. The van der Waals surface area contributed by atoms with Crippen LogP contribution in [-0.4, -0.2) is 40.1 Å². The Morgan fingerprint density at radius 2 is 1.93 bits per heavy atom. The van der Waals surface area contributed by atoms with Gasteiger partial charge in [0.25, 0.3) is 17.1 Å². The molecule has 2 N–H and O–H groups in total. The smallest absolute Gasteiger partial charge is 0.293 e. The van der Waals surface area contributed by atoms with Gasteiger partial charge in [-0.1, -0.05) is 41.9 Å². The topological polar surface area (TPSA) is 86.7 Å². The molecule has 27 heavy (non-hydrogen) atoms. The van der Waals surface area contributed by atoms with Crippen LogP contribution < -0.4 is 5.32 Å². The number of benzene rings is 2. The summed E-state index contributed by atoms with van der Waals surface area (Å²) in [4.78, 5) is 38.0. The minimum Gasteiger partial charge on any atom is -0.506 e. The van der Waals surface area contributed by atoms with Crippen molar-refractivity contribution >= 4 is 46.5 Å². The van der Waals surface area contributed by atoms with Crippen molar-refractivity contribution in [1.82, 2.24) is 10.2 Å². The molecule has 3 amide bonds. The van der Waals surface area contributed by atoms with E-state index in [1.807, 2.05) is 30.3 Å². The van der Waals surface area contributed by atoms with Crippen LogP contribution in [0.3, 0.4) is 0 Å². The summed E-state index contributed by atoms with van der Waals surface area (Å²) in [5.41, 5.74) is 1.11. The molecule has 3 rings (SSSR count). The van der Waals surface area contributed by atoms with Crippen molar-refractivity contribution in [3.05, 3.63) is 69.6 Å². The second-order valence-electron chi connectivity index (χ2n) is 5.67. The standard InChI is InChI=1S/C19H15ClN2O4S/c20-14-11-13(6-7-15(14)23)17(24)21-8-9-22-18(25)16(27-19(22)26)10-12-4-2-1-3-5-12/h1-7,10-11,23H,8-9H2,(H,21,24)/b16-10+. The molecule has 1 fully saturated rings. The lowest BCUT2D eigenvalue weighted by atomic mass is 10.2. The number of hydrogen-bond acceptors (Lipinski definition) is 5. The average molecular weight is 403 g/mol. The first-order valence-electron chi connectivity index (χ1n) is 8.03. The number of carbonyl (C=O) groups is 3. The van der Waals surface area contributed by atoms with Gasteiger partial charge in [0.05, 0.1) is 9.93 Å². The summed E-state index contributed by atoms with van der Waals surface area (Å²) in [5, 5.41) is 11.7. The third kappa shape index (κ3) is 4.50. The van der Waals surface area contributed by atoms with Crippen LogP contribution in [-0.2, 0) is 4.79 Å². The van der Waals surface area contributed by atoms with E-state index < -0.39 is 5.91 Å². The molecule has 6 nitrogen and oxygen atoms in total. The number of amides is 3. The number of thioether (sulfide) groups is 1. The fourth-order valence-corrected chi connectivity index (χ4v) is 3.47. The summed E-state index contributed by atoms with van der Waals surface area (Å²) in [6.07, 6.45) is 1.67. The van der Waals surface area contributed by atoms with Crippen molar-refractivity contribution in [2.24, 2.45) is 0 Å². The number of imide groups is 1. The van der Waals surface area contributed by atoms with Crippen LogP contribution in [0.4, 0.5) is 4.79 Å².